The molecule has 0 aliphatic carbocycles. The van der Waals surface area contributed by atoms with E-state index in [1.807, 2.05) is 77.8 Å². The molecule has 32 heavy (non-hydrogen) atoms. The van der Waals surface area contributed by atoms with Crippen LogP contribution in [0.5, 0.6) is 0 Å². The lowest BCUT2D eigenvalue weighted by molar-refractivity contribution is 0.0971. The highest BCUT2D eigenvalue weighted by molar-refractivity contribution is 6.07. The first-order chi connectivity index (χ1) is 15.8. The number of amides is 1. The van der Waals surface area contributed by atoms with Gasteiger partial charge in [0.1, 0.15) is 11.6 Å². The number of carbonyl (C=O) groups excluding carboxylic acids is 1. The Labute approximate surface area is 187 Å². The molecule has 1 atom stereocenters. The number of pyridine rings is 2. The van der Waals surface area contributed by atoms with E-state index in [9.17, 15) is 4.79 Å². The van der Waals surface area contributed by atoms with Gasteiger partial charge < -0.3 is 10.6 Å². The summed E-state index contributed by atoms with van der Waals surface area (Å²) >= 11 is 0. The number of carbonyl (C=O) groups is 1. The summed E-state index contributed by atoms with van der Waals surface area (Å²) < 4.78 is 0. The van der Waals surface area contributed by atoms with Crippen molar-refractivity contribution in [3.63, 3.8) is 0 Å². The molecule has 1 saturated heterocycles. The van der Waals surface area contributed by atoms with Gasteiger partial charge in [-0.2, -0.15) is 0 Å². The third-order valence-electron chi connectivity index (χ3n) is 5.79. The van der Waals surface area contributed by atoms with Crippen LogP contribution in [0.25, 0.3) is 10.8 Å². The van der Waals surface area contributed by atoms with Gasteiger partial charge in [-0.15, -0.1) is 0 Å². The molecule has 0 bridgehead atoms. The van der Waals surface area contributed by atoms with Crippen molar-refractivity contribution in [2.75, 3.05) is 23.3 Å². The van der Waals surface area contributed by atoms with Gasteiger partial charge in [0.2, 0.25) is 0 Å². The Kier molecular flexibility index (Phi) is 5.77. The van der Waals surface area contributed by atoms with Crippen molar-refractivity contribution in [3.05, 3.63) is 90.8 Å². The van der Waals surface area contributed by atoms with Crippen molar-refractivity contribution >= 4 is 34.0 Å². The molecule has 0 saturated carbocycles. The second kappa shape index (κ2) is 9.16. The lowest BCUT2D eigenvalue weighted by Crippen LogP contribution is -2.49. The molecule has 1 aliphatic heterocycles. The third-order valence-corrected chi connectivity index (χ3v) is 5.79. The second-order valence-corrected chi connectivity index (χ2v) is 7.98. The molecule has 160 valence electrons. The van der Waals surface area contributed by atoms with Crippen LogP contribution in [0.4, 0.5) is 17.3 Å². The standard InChI is InChI=1S/C26H25N5O/c32-26(19-10-12-22(13-11-19)30-24-9-3-4-15-28-24)31(23-8-5-14-27-18-23)25-16-20-6-1-2-7-21(20)17-29-25/h1-4,6-7,9-13,15-17,23,27H,5,8,14,18H2,(H,28,30)/t23-/m1/s1. The molecule has 1 amide bonds. The van der Waals surface area contributed by atoms with E-state index in [2.05, 4.69) is 26.7 Å². The van der Waals surface area contributed by atoms with E-state index in [1.54, 1.807) is 6.20 Å². The molecule has 0 spiro atoms. The predicted octanol–water partition coefficient (Wildman–Crippen LogP) is 4.77. The quantitative estimate of drug-likeness (QED) is 0.484. The molecule has 2 aromatic carbocycles. The van der Waals surface area contributed by atoms with E-state index in [0.29, 0.717) is 11.4 Å². The number of rotatable bonds is 5. The van der Waals surface area contributed by atoms with Crippen LogP contribution in [0.3, 0.4) is 0 Å². The Morgan fingerprint density at radius 3 is 2.53 bits per heavy atom. The van der Waals surface area contributed by atoms with Crippen LogP contribution in [-0.4, -0.2) is 35.0 Å². The molecule has 0 radical (unpaired) electrons. The maximum absolute atomic E-state index is 13.7. The first-order valence-corrected chi connectivity index (χ1v) is 11.0. The zero-order valence-corrected chi connectivity index (χ0v) is 17.7. The van der Waals surface area contributed by atoms with Crippen LogP contribution in [0.15, 0.2) is 85.2 Å². The Morgan fingerprint density at radius 1 is 0.969 bits per heavy atom. The zero-order valence-electron chi connectivity index (χ0n) is 17.7. The molecule has 0 unspecified atom stereocenters. The van der Waals surface area contributed by atoms with Crippen LogP contribution in [0.1, 0.15) is 23.2 Å². The normalized spacial score (nSPS) is 15.9. The van der Waals surface area contributed by atoms with Crippen molar-refractivity contribution in [2.45, 2.75) is 18.9 Å². The van der Waals surface area contributed by atoms with E-state index in [-0.39, 0.29) is 11.9 Å². The summed E-state index contributed by atoms with van der Waals surface area (Å²) in [5, 5.41) is 8.83. The third kappa shape index (κ3) is 4.31. The minimum atomic E-state index is -0.0362. The maximum Gasteiger partial charge on any atom is 0.259 e. The van der Waals surface area contributed by atoms with Crippen molar-refractivity contribution in [1.29, 1.82) is 0 Å². The number of piperidine rings is 1. The SMILES string of the molecule is O=C(c1ccc(Nc2ccccn2)cc1)N(c1cc2ccccc2cn1)[C@@H]1CCCNC1. The van der Waals surface area contributed by atoms with Crippen LogP contribution >= 0.6 is 0 Å². The molecular weight excluding hydrogens is 398 g/mol. The molecule has 2 N–H and O–H groups in total. The summed E-state index contributed by atoms with van der Waals surface area (Å²) in [6.45, 7) is 1.75. The van der Waals surface area contributed by atoms with Crippen molar-refractivity contribution in [1.82, 2.24) is 15.3 Å². The first kappa shape index (κ1) is 20.2. The fourth-order valence-electron chi connectivity index (χ4n) is 4.13. The molecule has 5 rings (SSSR count). The highest BCUT2D eigenvalue weighted by Crippen LogP contribution is 2.26. The molecule has 1 aliphatic rings. The lowest BCUT2D eigenvalue weighted by Gasteiger charge is -2.34. The Balaban J connectivity index is 1.44. The maximum atomic E-state index is 13.7. The first-order valence-electron chi connectivity index (χ1n) is 11.0. The van der Waals surface area contributed by atoms with E-state index in [4.69, 9.17) is 0 Å². The number of hydrogen-bond donors (Lipinski definition) is 2. The lowest BCUT2D eigenvalue weighted by atomic mass is 10.0. The molecule has 2 aromatic heterocycles. The summed E-state index contributed by atoms with van der Waals surface area (Å²) in [6, 6.07) is 23.4. The molecular formula is C26H25N5O. The monoisotopic (exact) mass is 423 g/mol. The van der Waals surface area contributed by atoms with E-state index in [0.717, 1.165) is 48.2 Å². The van der Waals surface area contributed by atoms with Gasteiger partial charge in [-0.05, 0) is 67.2 Å². The van der Waals surface area contributed by atoms with Gasteiger partial charge in [0.05, 0.1) is 6.04 Å². The number of anilines is 3. The van der Waals surface area contributed by atoms with Crippen molar-refractivity contribution in [2.24, 2.45) is 0 Å². The van der Waals surface area contributed by atoms with Gasteiger partial charge in [0.25, 0.3) is 5.91 Å². The van der Waals surface area contributed by atoms with Crippen molar-refractivity contribution < 1.29 is 4.79 Å². The highest BCUT2D eigenvalue weighted by Gasteiger charge is 2.28. The Bertz CT molecular complexity index is 1200. The van der Waals surface area contributed by atoms with Crippen LogP contribution in [0, 0.1) is 0 Å². The zero-order chi connectivity index (χ0) is 21.8. The molecule has 1 fully saturated rings. The summed E-state index contributed by atoms with van der Waals surface area (Å²) in [4.78, 5) is 24.5. The largest absolute Gasteiger partial charge is 0.340 e. The van der Waals surface area contributed by atoms with Gasteiger partial charge >= 0.3 is 0 Å². The number of nitrogens with zero attached hydrogens (tertiary/aromatic N) is 3. The fourth-order valence-corrected chi connectivity index (χ4v) is 4.13. The average molecular weight is 424 g/mol. The van der Waals surface area contributed by atoms with Crippen molar-refractivity contribution in [3.8, 4) is 0 Å². The van der Waals surface area contributed by atoms with Gasteiger partial charge in [-0.25, -0.2) is 9.97 Å². The van der Waals surface area contributed by atoms with Gasteiger partial charge in [-0.3, -0.25) is 9.69 Å². The highest BCUT2D eigenvalue weighted by atomic mass is 16.2. The topological polar surface area (TPSA) is 70.2 Å². The summed E-state index contributed by atoms with van der Waals surface area (Å²) in [5.74, 6) is 1.42. The van der Waals surface area contributed by atoms with Crippen LogP contribution in [-0.2, 0) is 0 Å². The van der Waals surface area contributed by atoms with Gasteiger partial charge in [0, 0.05) is 35.6 Å². The minimum Gasteiger partial charge on any atom is -0.340 e. The van der Waals surface area contributed by atoms with Gasteiger partial charge in [-0.1, -0.05) is 30.3 Å². The summed E-state index contributed by atoms with van der Waals surface area (Å²) in [7, 11) is 0. The van der Waals surface area contributed by atoms with Crippen LogP contribution in [0.2, 0.25) is 0 Å². The van der Waals surface area contributed by atoms with E-state index < -0.39 is 0 Å². The minimum absolute atomic E-state index is 0.0362. The second-order valence-electron chi connectivity index (χ2n) is 7.98. The number of fused-ring (bicyclic) bond motifs is 1. The number of nitrogens with one attached hydrogen (secondary N) is 2. The molecule has 4 aromatic rings. The smallest absolute Gasteiger partial charge is 0.259 e. The Hall–Kier alpha value is -3.77. The summed E-state index contributed by atoms with van der Waals surface area (Å²) in [6.07, 6.45) is 5.58. The van der Waals surface area contributed by atoms with Crippen LogP contribution < -0.4 is 15.5 Å². The number of hydrogen-bond acceptors (Lipinski definition) is 5. The van der Waals surface area contributed by atoms with Gasteiger partial charge in [0.15, 0.2) is 0 Å². The Morgan fingerprint density at radius 2 is 1.78 bits per heavy atom. The van der Waals surface area contributed by atoms with E-state index in [1.165, 1.54) is 0 Å². The fraction of sp³-hybridized carbons (Fsp3) is 0.192. The predicted molar refractivity (Wildman–Crippen MR) is 128 cm³/mol. The molecule has 6 nitrogen and oxygen atoms in total. The number of benzene rings is 2. The molecule has 3 heterocycles. The van der Waals surface area contributed by atoms with E-state index >= 15 is 0 Å². The molecule has 6 heteroatoms. The number of aromatic nitrogens is 2. The average Bonchev–Trinajstić information content (AvgIpc) is 2.86. The summed E-state index contributed by atoms with van der Waals surface area (Å²) in [5.41, 5.74) is 1.52.